The molecule has 94 valence electrons. The summed E-state index contributed by atoms with van der Waals surface area (Å²) in [5.74, 6) is -0.183. The van der Waals surface area contributed by atoms with Crippen LogP contribution in [0.3, 0.4) is 0 Å². The number of hydrogen-bond acceptors (Lipinski definition) is 3. The number of fused-ring (bicyclic) bond motifs is 1. The third-order valence-electron chi connectivity index (χ3n) is 2.45. The molecule has 2 heterocycles. The van der Waals surface area contributed by atoms with Crippen molar-refractivity contribution >= 4 is 5.78 Å². The molecule has 0 atom stereocenters. The molecule has 0 N–H and O–H groups in total. The smallest absolute Gasteiger partial charge is 0.435 e. The molecule has 0 radical (unpaired) electrons. The van der Waals surface area contributed by atoms with Gasteiger partial charge in [-0.1, -0.05) is 0 Å². The van der Waals surface area contributed by atoms with Gasteiger partial charge in [-0.25, -0.2) is 4.68 Å². The number of ether oxygens (including phenoxy) is 1. The summed E-state index contributed by atoms with van der Waals surface area (Å²) < 4.78 is 44.3. The molecule has 1 aliphatic heterocycles. The van der Waals surface area contributed by atoms with Crippen LogP contribution in [0.2, 0.25) is 0 Å². The quantitative estimate of drug-likeness (QED) is 0.801. The summed E-state index contributed by atoms with van der Waals surface area (Å²) in [4.78, 5) is 11.0. The summed E-state index contributed by atoms with van der Waals surface area (Å²) in [5, 5.41) is 3.45. The predicted octanol–water partition coefficient (Wildman–Crippen LogP) is 1.82. The van der Waals surface area contributed by atoms with Crippen molar-refractivity contribution in [1.82, 2.24) is 9.78 Å². The van der Waals surface area contributed by atoms with Gasteiger partial charge in [0.25, 0.3) is 0 Å². The van der Waals surface area contributed by atoms with Crippen LogP contribution in [-0.2, 0) is 23.9 Å². The van der Waals surface area contributed by atoms with Crippen LogP contribution in [-0.4, -0.2) is 22.2 Å². The van der Waals surface area contributed by atoms with Gasteiger partial charge in [-0.2, -0.15) is 18.3 Å². The second-order valence-electron chi connectivity index (χ2n) is 3.94. The molecule has 2 rings (SSSR count). The van der Waals surface area contributed by atoms with Gasteiger partial charge in [0.2, 0.25) is 5.88 Å². The normalized spacial score (nSPS) is 15.3. The summed E-state index contributed by atoms with van der Waals surface area (Å²) in [6.07, 6.45) is -3.70. The maximum atomic E-state index is 12.7. The van der Waals surface area contributed by atoms with Crippen LogP contribution in [0.1, 0.15) is 24.6 Å². The van der Waals surface area contributed by atoms with E-state index >= 15 is 0 Å². The number of carbonyl (C=O) groups excluding carboxylic acids is 1. The van der Waals surface area contributed by atoms with Crippen molar-refractivity contribution in [3.8, 4) is 5.88 Å². The van der Waals surface area contributed by atoms with Crippen LogP contribution in [0.5, 0.6) is 5.88 Å². The molecular formula is C10H11F3N2O2. The molecule has 0 unspecified atom stereocenters. The summed E-state index contributed by atoms with van der Waals surface area (Å²) in [7, 11) is 0. The number of alkyl halides is 3. The predicted molar refractivity (Wildman–Crippen MR) is 51.7 cm³/mol. The van der Waals surface area contributed by atoms with E-state index in [9.17, 15) is 18.0 Å². The number of hydrogen-bond donors (Lipinski definition) is 0. The molecule has 0 saturated heterocycles. The van der Waals surface area contributed by atoms with Crippen molar-refractivity contribution in [2.75, 3.05) is 6.61 Å². The maximum absolute atomic E-state index is 12.7. The zero-order valence-electron chi connectivity index (χ0n) is 9.17. The lowest BCUT2D eigenvalue weighted by Crippen LogP contribution is -2.14. The standard InChI is InChI=1S/C10H11F3N2O2/c1-6(16)5-15-9-7(3-2-4-17-9)8(14-15)10(11,12)13/h2-5H2,1H3. The van der Waals surface area contributed by atoms with E-state index in [0.29, 0.717) is 13.0 Å². The fourth-order valence-electron chi connectivity index (χ4n) is 1.83. The maximum Gasteiger partial charge on any atom is 0.435 e. The summed E-state index contributed by atoms with van der Waals surface area (Å²) in [5.41, 5.74) is -0.876. The molecule has 1 aromatic rings. The first-order valence-corrected chi connectivity index (χ1v) is 5.18. The first kappa shape index (κ1) is 11.9. The molecule has 0 spiro atoms. The lowest BCUT2D eigenvalue weighted by Gasteiger charge is -2.15. The zero-order chi connectivity index (χ0) is 12.6. The summed E-state index contributed by atoms with van der Waals surface area (Å²) >= 11 is 0. The topological polar surface area (TPSA) is 44.1 Å². The van der Waals surface area contributed by atoms with Crippen molar-refractivity contribution in [3.63, 3.8) is 0 Å². The molecule has 0 fully saturated rings. The highest BCUT2D eigenvalue weighted by atomic mass is 19.4. The third-order valence-corrected chi connectivity index (χ3v) is 2.45. The largest absolute Gasteiger partial charge is 0.478 e. The second-order valence-corrected chi connectivity index (χ2v) is 3.94. The van der Waals surface area contributed by atoms with Crippen LogP contribution in [0.15, 0.2) is 0 Å². The second kappa shape index (κ2) is 4.05. The van der Waals surface area contributed by atoms with Crippen LogP contribution >= 0.6 is 0 Å². The highest BCUT2D eigenvalue weighted by Gasteiger charge is 2.40. The molecule has 0 bridgehead atoms. The third kappa shape index (κ3) is 2.27. The molecule has 0 amide bonds. The number of halogens is 3. The Morgan fingerprint density at radius 2 is 2.24 bits per heavy atom. The minimum Gasteiger partial charge on any atom is -0.478 e. The Kier molecular flexibility index (Phi) is 2.84. The minimum atomic E-state index is -4.51. The summed E-state index contributed by atoms with van der Waals surface area (Å²) in [6, 6.07) is 0. The molecule has 17 heavy (non-hydrogen) atoms. The fourth-order valence-corrected chi connectivity index (χ4v) is 1.83. The molecular weight excluding hydrogens is 237 g/mol. The van der Waals surface area contributed by atoms with Crippen molar-refractivity contribution < 1.29 is 22.7 Å². The van der Waals surface area contributed by atoms with Crippen LogP contribution < -0.4 is 4.74 Å². The minimum absolute atomic E-state index is 0.0602. The lowest BCUT2D eigenvalue weighted by molar-refractivity contribution is -0.142. The number of rotatable bonds is 2. The monoisotopic (exact) mass is 248 g/mol. The van der Waals surface area contributed by atoms with Crippen LogP contribution in [0.4, 0.5) is 13.2 Å². The fraction of sp³-hybridized carbons (Fsp3) is 0.600. The molecule has 0 aromatic carbocycles. The van der Waals surface area contributed by atoms with E-state index in [0.717, 1.165) is 4.68 Å². The number of carbonyl (C=O) groups is 1. The van der Waals surface area contributed by atoms with Gasteiger partial charge in [0.1, 0.15) is 6.54 Å². The van der Waals surface area contributed by atoms with Gasteiger partial charge in [0, 0.05) is 5.56 Å². The Hall–Kier alpha value is -1.53. The van der Waals surface area contributed by atoms with Crippen molar-refractivity contribution in [2.24, 2.45) is 0 Å². The highest BCUT2D eigenvalue weighted by Crippen LogP contribution is 2.37. The first-order valence-electron chi connectivity index (χ1n) is 5.18. The lowest BCUT2D eigenvalue weighted by atomic mass is 10.1. The number of ketones is 1. The van der Waals surface area contributed by atoms with E-state index < -0.39 is 11.9 Å². The number of Topliss-reactive ketones (excluding diaryl/α,β-unsaturated/α-hetero) is 1. The molecule has 7 heteroatoms. The number of aromatic nitrogens is 2. The van der Waals surface area contributed by atoms with Crippen molar-refractivity contribution in [1.29, 1.82) is 0 Å². The van der Waals surface area contributed by atoms with E-state index in [1.54, 1.807) is 0 Å². The Morgan fingerprint density at radius 1 is 1.53 bits per heavy atom. The molecule has 0 aliphatic carbocycles. The van der Waals surface area contributed by atoms with Crippen LogP contribution in [0.25, 0.3) is 0 Å². The Labute approximate surface area is 95.4 Å². The van der Waals surface area contributed by atoms with Gasteiger partial charge >= 0.3 is 6.18 Å². The highest BCUT2D eigenvalue weighted by molar-refractivity contribution is 5.75. The van der Waals surface area contributed by atoms with Crippen molar-refractivity contribution in [2.45, 2.75) is 32.5 Å². The van der Waals surface area contributed by atoms with Gasteiger partial charge in [-0.05, 0) is 19.8 Å². The van der Waals surface area contributed by atoms with Gasteiger partial charge in [-0.15, -0.1) is 0 Å². The Balaban J connectivity index is 2.47. The van der Waals surface area contributed by atoms with Crippen LogP contribution in [0, 0.1) is 0 Å². The van der Waals surface area contributed by atoms with Gasteiger partial charge in [0.15, 0.2) is 11.5 Å². The molecule has 1 aliphatic rings. The number of nitrogens with zero attached hydrogens (tertiary/aromatic N) is 2. The van der Waals surface area contributed by atoms with E-state index in [1.807, 2.05) is 0 Å². The molecule has 4 nitrogen and oxygen atoms in total. The van der Waals surface area contributed by atoms with E-state index in [4.69, 9.17) is 4.74 Å². The Bertz CT molecular complexity index is 451. The van der Waals surface area contributed by atoms with Gasteiger partial charge in [-0.3, -0.25) is 4.79 Å². The molecule has 1 aromatic heterocycles. The average molecular weight is 248 g/mol. The summed E-state index contributed by atoms with van der Waals surface area (Å²) in [6.45, 7) is 1.45. The van der Waals surface area contributed by atoms with Gasteiger partial charge in [0.05, 0.1) is 6.61 Å². The van der Waals surface area contributed by atoms with E-state index in [-0.39, 0.29) is 30.2 Å². The van der Waals surface area contributed by atoms with Gasteiger partial charge < -0.3 is 4.74 Å². The first-order chi connectivity index (χ1) is 7.89. The molecule has 0 saturated carbocycles. The Morgan fingerprint density at radius 3 is 2.82 bits per heavy atom. The van der Waals surface area contributed by atoms with Crippen molar-refractivity contribution in [3.05, 3.63) is 11.3 Å². The zero-order valence-corrected chi connectivity index (χ0v) is 9.17. The average Bonchev–Trinajstić information content (AvgIpc) is 2.56. The SMILES string of the molecule is CC(=O)Cn1nc(C(F)(F)F)c2c1OCCC2. The van der Waals surface area contributed by atoms with E-state index in [2.05, 4.69) is 5.10 Å². The van der Waals surface area contributed by atoms with E-state index in [1.165, 1.54) is 6.92 Å².